The van der Waals surface area contributed by atoms with E-state index in [0.717, 1.165) is 22.9 Å². The van der Waals surface area contributed by atoms with Crippen LogP contribution in [0.2, 0.25) is 0 Å². The number of aromatic nitrogens is 3. The van der Waals surface area contributed by atoms with Gasteiger partial charge in [0.05, 0.1) is 5.69 Å². The van der Waals surface area contributed by atoms with Crippen LogP contribution < -0.4 is 33.0 Å². The number of nitrogens with one attached hydrogen (secondary N) is 2. The predicted octanol–water partition coefficient (Wildman–Crippen LogP) is -0.483. The molecule has 2 heterocycles. The van der Waals surface area contributed by atoms with Gasteiger partial charge >= 0.3 is 5.97 Å². The number of imidazole rings is 1. The molecule has 34 heavy (non-hydrogen) atoms. The van der Waals surface area contributed by atoms with E-state index < -0.39 is 34.5 Å². The zero-order valence-corrected chi connectivity index (χ0v) is 17.0. The lowest BCUT2D eigenvalue weighted by Crippen LogP contribution is -2.36. The molecule has 7 N–H and O–H groups in total. The van der Waals surface area contributed by atoms with Gasteiger partial charge in [-0.15, -0.1) is 0 Å². The summed E-state index contributed by atoms with van der Waals surface area (Å²) in [6.45, 7) is -0.146. The van der Waals surface area contributed by atoms with E-state index in [9.17, 15) is 33.5 Å². The van der Waals surface area contributed by atoms with Crippen molar-refractivity contribution in [3.8, 4) is 0 Å². The first kappa shape index (κ1) is 22.1. The molecule has 0 aliphatic heterocycles. The van der Waals surface area contributed by atoms with Gasteiger partial charge in [0.2, 0.25) is 0 Å². The Morgan fingerprint density at radius 1 is 1.15 bits per heavy atom. The third-order valence-corrected chi connectivity index (χ3v) is 4.88. The molecule has 0 radical (unpaired) electrons. The lowest BCUT2D eigenvalue weighted by Gasteiger charge is -2.12. The first-order chi connectivity index (χ1) is 16.1. The number of anilines is 3. The van der Waals surface area contributed by atoms with Crippen LogP contribution in [0.1, 0.15) is 37.0 Å². The van der Waals surface area contributed by atoms with Crippen LogP contribution in [0, 0.1) is 5.82 Å². The second-order valence-electron chi connectivity index (χ2n) is 7.05. The topological polar surface area (TPSA) is 212 Å². The Bertz CT molecular complexity index is 1580. The van der Waals surface area contributed by atoms with Crippen LogP contribution in [0.25, 0.3) is 5.65 Å². The number of carboxylic acid groups (broad SMARTS) is 1. The number of benzene rings is 1. The van der Waals surface area contributed by atoms with Crippen molar-refractivity contribution in [2.45, 2.75) is 6.54 Å². The maximum Gasteiger partial charge on any atom is 0.353 e. The predicted molar refractivity (Wildman–Crippen MR) is 115 cm³/mol. The molecule has 0 aliphatic carbocycles. The number of primary amides is 1. The number of nitrogen functional groups attached to an aromatic ring is 1. The molecule has 0 fully saturated rings. The molecule has 2 amide bonds. The van der Waals surface area contributed by atoms with E-state index in [1.54, 1.807) is 0 Å². The Labute approximate surface area is 187 Å². The van der Waals surface area contributed by atoms with Crippen molar-refractivity contribution in [3.05, 3.63) is 79.5 Å². The summed E-state index contributed by atoms with van der Waals surface area (Å²) in [5.41, 5.74) is 7.38. The SMILES string of the molecule is NC(=O)c1ncn2c(C(=O)O)cc(C(=O)NCc3ccc(F)c(Nc4c(N)c(=O)c4=O)c3)nc12. The van der Waals surface area contributed by atoms with Crippen LogP contribution in [0.15, 0.2) is 40.2 Å². The molecule has 172 valence electrons. The fourth-order valence-corrected chi connectivity index (χ4v) is 3.14. The summed E-state index contributed by atoms with van der Waals surface area (Å²) in [6.07, 6.45) is 1.04. The lowest BCUT2D eigenvalue weighted by atomic mass is 10.1. The fourth-order valence-electron chi connectivity index (χ4n) is 3.14. The Morgan fingerprint density at radius 2 is 1.88 bits per heavy atom. The van der Waals surface area contributed by atoms with Crippen LogP contribution in [0.4, 0.5) is 21.5 Å². The van der Waals surface area contributed by atoms with Gasteiger partial charge in [-0.3, -0.25) is 23.6 Å². The van der Waals surface area contributed by atoms with Crippen LogP contribution in [-0.4, -0.2) is 37.3 Å². The quantitative estimate of drug-likeness (QED) is 0.220. The Morgan fingerprint density at radius 3 is 2.53 bits per heavy atom. The third-order valence-electron chi connectivity index (χ3n) is 4.88. The molecule has 2 aromatic carbocycles. The molecule has 0 bridgehead atoms. The number of hydrogen-bond donors (Lipinski definition) is 5. The minimum Gasteiger partial charge on any atom is -0.477 e. The average Bonchev–Trinajstić information content (AvgIpc) is 3.25. The fraction of sp³-hybridized carbons (Fsp3) is 0.0500. The molecular weight excluding hydrogens is 453 g/mol. The van der Waals surface area contributed by atoms with Gasteiger partial charge < -0.3 is 27.2 Å². The Hall–Kier alpha value is -5.14. The zero-order chi connectivity index (χ0) is 24.7. The van der Waals surface area contributed by atoms with Gasteiger partial charge in [-0.05, 0) is 17.7 Å². The van der Waals surface area contributed by atoms with Crippen molar-refractivity contribution in [2.24, 2.45) is 5.73 Å². The van der Waals surface area contributed by atoms with Gasteiger partial charge in [0.15, 0.2) is 11.3 Å². The zero-order valence-electron chi connectivity index (χ0n) is 17.0. The second-order valence-corrected chi connectivity index (χ2v) is 7.05. The minimum absolute atomic E-state index is 0.146. The van der Waals surface area contributed by atoms with Crippen molar-refractivity contribution >= 4 is 40.5 Å². The molecule has 2 aromatic heterocycles. The summed E-state index contributed by atoms with van der Waals surface area (Å²) in [5.74, 6) is -3.90. The van der Waals surface area contributed by atoms with Crippen molar-refractivity contribution in [1.82, 2.24) is 19.7 Å². The third kappa shape index (κ3) is 3.68. The number of carboxylic acids is 1. The van der Waals surface area contributed by atoms with Gasteiger partial charge in [0.25, 0.3) is 22.7 Å². The van der Waals surface area contributed by atoms with Gasteiger partial charge in [-0.1, -0.05) is 6.07 Å². The monoisotopic (exact) mass is 467 g/mol. The molecule has 4 rings (SSSR count). The molecule has 0 spiro atoms. The van der Waals surface area contributed by atoms with E-state index in [1.807, 2.05) is 0 Å². The number of nitrogens with two attached hydrogens (primary N) is 2. The van der Waals surface area contributed by atoms with Crippen molar-refractivity contribution in [1.29, 1.82) is 0 Å². The summed E-state index contributed by atoms with van der Waals surface area (Å²) >= 11 is 0. The first-order valence-corrected chi connectivity index (χ1v) is 9.42. The first-order valence-electron chi connectivity index (χ1n) is 9.42. The van der Waals surface area contributed by atoms with Gasteiger partial charge in [0, 0.05) is 12.6 Å². The highest BCUT2D eigenvalue weighted by atomic mass is 19.1. The molecule has 0 saturated heterocycles. The number of rotatable bonds is 7. The highest BCUT2D eigenvalue weighted by molar-refractivity contribution is 6.00. The van der Waals surface area contributed by atoms with Crippen LogP contribution in [-0.2, 0) is 6.54 Å². The summed E-state index contributed by atoms with van der Waals surface area (Å²) < 4.78 is 15.1. The van der Waals surface area contributed by atoms with E-state index in [4.69, 9.17) is 11.5 Å². The lowest BCUT2D eigenvalue weighted by molar-refractivity contribution is 0.0688. The van der Waals surface area contributed by atoms with E-state index in [2.05, 4.69) is 20.6 Å². The highest BCUT2D eigenvalue weighted by Gasteiger charge is 2.22. The van der Waals surface area contributed by atoms with Crippen molar-refractivity contribution < 1.29 is 23.9 Å². The number of halogens is 1. The molecule has 13 nitrogen and oxygen atoms in total. The second kappa shape index (κ2) is 8.09. The maximum atomic E-state index is 14.1. The molecule has 0 atom stereocenters. The molecule has 0 saturated carbocycles. The number of aromatic carboxylic acids is 1. The number of amides is 2. The van der Waals surface area contributed by atoms with E-state index in [-0.39, 0.29) is 46.3 Å². The summed E-state index contributed by atoms with van der Waals surface area (Å²) in [7, 11) is 0. The summed E-state index contributed by atoms with van der Waals surface area (Å²) in [4.78, 5) is 66.2. The van der Waals surface area contributed by atoms with Gasteiger partial charge in [-0.25, -0.2) is 19.2 Å². The number of nitrogens with zero attached hydrogens (tertiary/aromatic N) is 3. The summed E-state index contributed by atoms with van der Waals surface area (Å²) in [5, 5.41) is 14.4. The van der Waals surface area contributed by atoms with E-state index in [0.29, 0.717) is 5.56 Å². The number of hydrogen-bond acceptors (Lipinski definition) is 9. The molecule has 14 heteroatoms. The highest BCUT2D eigenvalue weighted by Crippen LogP contribution is 2.22. The maximum absolute atomic E-state index is 14.1. The smallest absolute Gasteiger partial charge is 0.353 e. The van der Waals surface area contributed by atoms with E-state index >= 15 is 0 Å². The number of fused-ring (bicyclic) bond motifs is 1. The molecule has 0 unspecified atom stereocenters. The van der Waals surface area contributed by atoms with Crippen LogP contribution in [0.3, 0.4) is 0 Å². The Balaban J connectivity index is 1.58. The Kier molecular flexibility index (Phi) is 5.25. The van der Waals surface area contributed by atoms with Gasteiger partial charge in [-0.2, -0.15) is 0 Å². The molecule has 0 aliphatic rings. The van der Waals surface area contributed by atoms with Crippen molar-refractivity contribution in [3.63, 3.8) is 0 Å². The molecule has 4 aromatic rings. The van der Waals surface area contributed by atoms with Crippen LogP contribution in [0.5, 0.6) is 0 Å². The van der Waals surface area contributed by atoms with Crippen LogP contribution >= 0.6 is 0 Å². The molecular formula is C20H14FN7O6. The van der Waals surface area contributed by atoms with E-state index in [1.165, 1.54) is 12.1 Å². The van der Waals surface area contributed by atoms with Crippen molar-refractivity contribution in [2.75, 3.05) is 11.1 Å². The number of carbonyl (C=O) groups excluding carboxylic acids is 2. The standard InChI is InChI=1S/C20H14FN7O6/c21-8-2-1-7(3-9(8)26-13-12(22)15(29)16(13)30)5-24-19(32)10-4-11(20(33)34)28-6-25-14(17(23)31)18(28)27-10/h1-4,6,26H,5,22H2,(H2,23,31)(H,24,32)(H,33,34). The minimum atomic E-state index is -1.40. The number of carbonyl (C=O) groups is 3. The average molecular weight is 467 g/mol. The largest absolute Gasteiger partial charge is 0.477 e. The normalized spacial score (nSPS) is 11.0. The van der Waals surface area contributed by atoms with Gasteiger partial charge in [0.1, 0.15) is 34.9 Å². The summed E-state index contributed by atoms with van der Waals surface area (Å²) in [6, 6.07) is 4.70.